The summed E-state index contributed by atoms with van der Waals surface area (Å²) in [4.78, 5) is 14.3. The van der Waals surface area contributed by atoms with Gasteiger partial charge in [-0.3, -0.25) is 0 Å². The molecule has 2 rings (SSSR count). The molecule has 0 N–H and O–H groups in total. The van der Waals surface area contributed by atoms with E-state index in [2.05, 4.69) is 45.4 Å². The Labute approximate surface area is 201 Å². The molecule has 1 fully saturated rings. The number of aldehydes is 1. The van der Waals surface area contributed by atoms with Crippen LogP contribution in [0.1, 0.15) is 104 Å². The van der Waals surface area contributed by atoms with Crippen LogP contribution in [0.3, 0.4) is 0 Å². The number of halogens is 3. The minimum Gasteiger partial charge on any atom is -0.302 e. The smallest absolute Gasteiger partial charge is 0.302 e. The maximum Gasteiger partial charge on any atom is 0.389 e. The fourth-order valence-electron chi connectivity index (χ4n) is 3.52. The van der Waals surface area contributed by atoms with Gasteiger partial charge in [0.25, 0.3) is 0 Å². The summed E-state index contributed by atoms with van der Waals surface area (Å²) >= 11 is 0. The number of piperidine rings is 1. The van der Waals surface area contributed by atoms with E-state index in [1.165, 1.54) is 6.42 Å². The van der Waals surface area contributed by atoms with E-state index in [0.29, 0.717) is 12.5 Å². The molecular formula is C28H46F3NO. The number of hydrogen-bond acceptors (Lipinski definition) is 2. The molecule has 0 radical (unpaired) electrons. The van der Waals surface area contributed by atoms with Crippen molar-refractivity contribution >= 4 is 6.29 Å². The van der Waals surface area contributed by atoms with Crippen LogP contribution < -0.4 is 0 Å². The molecule has 33 heavy (non-hydrogen) atoms. The second kappa shape index (κ2) is 17.6. The molecule has 1 aliphatic rings. The Morgan fingerprint density at radius 3 is 2.00 bits per heavy atom. The minimum absolute atomic E-state index is 0.253. The average molecular weight is 470 g/mol. The third kappa shape index (κ3) is 12.9. The summed E-state index contributed by atoms with van der Waals surface area (Å²) in [7, 11) is 0. The summed E-state index contributed by atoms with van der Waals surface area (Å²) in [5.74, 6) is 2.68. The second-order valence-electron chi connectivity index (χ2n) is 8.50. The zero-order valence-corrected chi connectivity index (χ0v) is 22.1. The van der Waals surface area contributed by atoms with Crippen molar-refractivity contribution < 1.29 is 18.0 Å². The maximum atomic E-state index is 11.8. The molecular weight excluding hydrogens is 423 g/mol. The summed E-state index contributed by atoms with van der Waals surface area (Å²) < 4.78 is 33.7. The van der Waals surface area contributed by atoms with Crippen molar-refractivity contribution in [2.75, 3.05) is 13.1 Å². The van der Waals surface area contributed by atoms with Gasteiger partial charge in [-0.1, -0.05) is 59.4 Å². The molecule has 190 valence electrons. The van der Waals surface area contributed by atoms with Crippen LogP contribution in [-0.4, -0.2) is 36.5 Å². The largest absolute Gasteiger partial charge is 0.389 e. The Balaban J connectivity index is 0. The predicted octanol–water partition coefficient (Wildman–Crippen LogP) is 8.10. The van der Waals surface area contributed by atoms with Crippen LogP contribution in [0.2, 0.25) is 0 Å². The molecule has 2 nitrogen and oxygen atoms in total. The highest BCUT2D eigenvalue weighted by molar-refractivity contribution is 5.70. The highest BCUT2D eigenvalue weighted by Gasteiger charge is 2.37. The fourth-order valence-corrected chi connectivity index (χ4v) is 3.52. The van der Waals surface area contributed by atoms with E-state index < -0.39 is 12.6 Å². The minimum atomic E-state index is -3.95. The van der Waals surface area contributed by atoms with Crippen molar-refractivity contribution in [3.63, 3.8) is 0 Å². The summed E-state index contributed by atoms with van der Waals surface area (Å²) in [6, 6.07) is 6.54. The Bertz CT molecular complexity index is 681. The molecule has 0 atom stereocenters. The van der Waals surface area contributed by atoms with Gasteiger partial charge in [-0.2, -0.15) is 13.2 Å². The lowest BCUT2D eigenvalue weighted by atomic mass is 9.72. The quantitative estimate of drug-likeness (QED) is 0.321. The van der Waals surface area contributed by atoms with Gasteiger partial charge in [-0.25, -0.2) is 0 Å². The summed E-state index contributed by atoms with van der Waals surface area (Å²) in [6.45, 7) is 18.4. The van der Waals surface area contributed by atoms with Crippen LogP contribution in [-0.2, 0) is 10.2 Å². The first-order valence-electron chi connectivity index (χ1n) is 12.3. The third-order valence-corrected chi connectivity index (χ3v) is 5.40. The maximum absolute atomic E-state index is 11.8. The number of likely N-dealkylation sites (tertiary alicyclic amines) is 1. The monoisotopic (exact) mass is 469 g/mol. The van der Waals surface area contributed by atoms with Gasteiger partial charge in [-0.15, -0.1) is 6.42 Å². The number of aryl methyl sites for hydroxylation is 1. The number of alkyl halides is 3. The first-order chi connectivity index (χ1) is 15.5. The number of rotatable bonds is 5. The van der Waals surface area contributed by atoms with Gasteiger partial charge in [-0.05, 0) is 76.4 Å². The third-order valence-electron chi connectivity index (χ3n) is 5.40. The number of hydrogen-bond donors (Lipinski definition) is 0. The number of unbranched alkanes of at least 4 members (excludes halogenated alkanes) is 1. The zero-order valence-electron chi connectivity index (χ0n) is 22.1. The van der Waals surface area contributed by atoms with Crippen LogP contribution in [0, 0.1) is 19.3 Å². The van der Waals surface area contributed by atoms with E-state index >= 15 is 0 Å². The first-order valence-corrected chi connectivity index (χ1v) is 12.3. The molecule has 0 saturated carbocycles. The van der Waals surface area contributed by atoms with Gasteiger partial charge in [0.15, 0.2) is 0 Å². The fraction of sp³-hybridized carbons (Fsp3) is 0.679. The van der Waals surface area contributed by atoms with Crippen molar-refractivity contribution in [3.05, 3.63) is 34.9 Å². The molecule has 0 aromatic heterocycles. The Hall–Kier alpha value is -1.80. The van der Waals surface area contributed by atoms with Gasteiger partial charge in [0.05, 0.1) is 5.41 Å². The Morgan fingerprint density at radius 2 is 1.67 bits per heavy atom. The van der Waals surface area contributed by atoms with Crippen LogP contribution in [0.4, 0.5) is 13.2 Å². The lowest BCUT2D eigenvalue weighted by Crippen LogP contribution is -2.46. The van der Waals surface area contributed by atoms with Crippen molar-refractivity contribution in [2.45, 2.75) is 112 Å². The topological polar surface area (TPSA) is 20.3 Å². The van der Waals surface area contributed by atoms with E-state index in [-0.39, 0.29) is 11.8 Å². The first kappa shape index (κ1) is 33.4. The molecule has 1 aromatic rings. The summed E-state index contributed by atoms with van der Waals surface area (Å²) in [5.41, 5.74) is 2.78. The molecule has 0 bridgehead atoms. The molecule has 1 aromatic carbocycles. The SMILES string of the molecule is C#Cc1ccc(C)c(C2(C=O)CCN(C(C)C)CC2)c1.CC.CCC.CCCCC(F)(F)F. The Kier molecular flexibility index (Phi) is 17.8. The van der Waals surface area contributed by atoms with Gasteiger partial charge < -0.3 is 9.69 Å². The number of carbonyl (C=O) groups excluding carboxylic acids is 1. The van der Waals surface area contributed by atoms with Crippen LogP contribution >= 0.6 is 0 Å². The molecule has 1 heterocycles. The Morgan fingerprint density at radius 1 is 1.15 bits per heavy atom. The molecule has 1 saturated heterocycles. The van der Waals surface area contributed by atoms with Crippen molar-refractivity contribution in [3.8, 4) is 12.3 Å². The molecule has 0 aliphatic carbocycles. The average Bonchev–Trinajstić information content (AvgIpc) is 2.80. The lowest BCUT2D eigenvalue weighted by Gasteiger charge is -2.41. The summed E-state index contributed by atoms with van der Waals surface area (Å²) in [6.07, 6.45) is 5.93. The van der Waals surface area contributed by atoms with Gasteiger partial charge >= 0.3 is 6.18 Å². The number of benzene rings is 1. The predicted molar refractivity (Wildman–Crippen MR) is 136 cm³/mol. The van der Waals surface area contributed by atoms with Gasteiger partial charge in [0.1, 0.15) is 6.29 Å². The van der Waals surface area contributed by atoms with Crippen LogP contribution in [0.5, 0.6) is 0 Å². The van der Waals surface area contributed by atoms with E-state index in [9.17, 15) is 18.0 Å². The van der Waals surface area contributed by atoms with E-state index in [4.69, 9.17) is 6.42 Å². The molecule has 1 aliphatic heterocycles. The van der Waals surface area contributed by atoms with Crippen LogP contribution in [0.25, 0.3) is 0 Å². The molecule has 0 unspecified atom stereocenters. The van der Waals surface area contributed by atoms with Crippen molar-refractivity contribution in [1.82, 2.24) is 4.90 Å². The number of nitrogens with zero attached hydrogens (tertiary/aromatic N) is 1. The highest BCUT2D eigenvalue weighted by Crippen LogP contribution is 2.36. The molecule has 0 amide bonds. The normalized spacial score (nSPS) is 15.0. The van der Waals surface area contributed by atoms with Gasteiger partial charge in [0, 0.05) is 18.0 Å². The van der Waals surface area contributed by atoms with Crippen molar-refractivity contribution in [1.29, 1.82) is 0 Å². The second-order valence-corrected chi connectivity index (χ2v) is 8.50. The highest BCUT2D eigenvalue weighted by atomic mass is 19.4. The van der Waals surface area contributed by atoms with E-state index in [1.54, 1.807) is 6.92 Å². The standard InChI is InChI=1S/C18H23NO.C5H9F3.C3H8.C2H6/c1-5-16-7-6-15(4)17(12-16)18(13-20)8-10-19(11-9-18)14(2)3;1-2-3-4-5(6,7)8;1-3-2;1-2/h1,6-7,12-14H,8-11H2,2-4H3;2-4H2,1H3;3H2,1-2H3;1-2H3. The lowest BCUT2D eigenvalue weighted by molar-refractivity contribution is -0.135. The van der Waals surface area contributed by atoms with E-state index in [0.717, 1.165) is 48.9 Å². The molecule has 0 spiro atoms. The number of terminal acetylenes is 1. The zero-order chi connectivity index (χ0) is 26.1. The van der Waals surface area contributed by atoms with Crippen LogP contribution in [0.15, 0.2) is 18.2 Å². The number of carbonyl (C=O) groups is 1. The van der Waals surface area contributed by atoms with Gasteiger partial charge in [0.2, 0.25) is 0 Å². The molecule has 5 heteroatoms. The van der Waals surface area contributed by atoms with E-state index in [1.807, 2.05) is 32.0 Å². The summed E-state index contributed by atoms with van der Waals surface area (Å²) in [5, 5.41) is 0. The van der Waals surface area contributed by atoms with Crippen molar-refractivity contribution in [2.24, 2.45) is 0 Å².